The van der Waals surface area contributed by atoms with Gasteiger partial charge >= 0.3 is 18.3 Å². The number of nitrogens with one attached hydrogen (secondary N) is 1. The Morgan fingerprint density at radius 1 is 1.14 bits per heavy atom. The molecule has 0 bridgehead atoms. The number of ether oxygens (including phenoxy) is 3. The summed E-state index contributed by atoms with van der Waals surface area (Å²) in [6.07, 6.45) is -7.67. The van der Waals surface area contributed by atoms with E-state index in [1.807, 2.05) is 4.90 Å². The molecule has 1 aromatic carbocycles. The van der Waals surface area contributed by atoms with Gasteiger partial charge in [-0.2, -0.15) is 13.2 Å². The molecule has 10 nitrogen and oxygen atoms in total. The van der Waals surface area contributed by atoms with Crippen LogP contribution in [0.15, 0.2) is 18.2 Å². The third-order valence-electron chi connectivity index (χ3n) is 5.16. The fourth-order valence-corrected chi connectivity index (χ4v) is 3.40. The van der Waals surface area contributed by atoms with E-state index in [9.17, 15) is 32.7 Å². The average Bonchev–Trinajstić information content (AvgIpc) is 2.77. The number of hydrogen-bond acceptors (Lipinski definition) is 9. The Hall–Kier alpha value is -3.22. The molecule has 1 aliphatic heterocycles. The Morgan fingerprint density at radius 3 is 2.43 bits per heavy atom. The van der Waals surface area contributed by atoms with Crippen molar-refractivity contribution in [3.63, 3.8) is 0 Å². The number of alkyl halides is 3. The van der Waals surface area contributed by atoms with Gasteiger partial charge in [0.05, 0.1) is 12.2 Å². The zero-order valence-corrected chi connectivity index (χ0v) is 19.6. The highest BCUT2D eigenvalue weighted by Crippen LogP contribution is 2.32. The highest BCUT2D eigenvalue weighted by molar-refractivity contribution is 5.70. The lowest BCUT2D eigenvalue weighted by atomic mass is 10.1. The number of benzene rings is 1. The summed E-state index contributed by atoms with van der Waals surface area (Å²) < 4.78 is 53.9. The number of piperazine rings is 1. The number of hydrogen-bond donors (Lipinski definition) is 1. The molecular weight excluding hydrogens is 475 g/mol. The van der Waals surface area contributed by atoms with Gasteiger partial charge in [-0.05, 0) is 31.0 Å². The number of carboxylic acid groups (broad SMARTS) is 1. The first-order valence-corrected chi connectivity index (χ1v) is 11.1. The fraction of sp³-hybridized carbons (Fsp3) is 0.591. The maximum absolute atomic E-state index is 13.2. The van der Waals surface area contributed by atoms with E-state index in [0.29, 0.717) is 25.2 Å². The normalized spacial score (nSPS) is 15.3. The first-order chi connectivity index (χ1) is 16.5. The van der Waals surface area contributed by atoms with E-state index < -0.39 is 36.2 Å². The van der Waals surface area contributed by atoms with Gasteiger partial charge in [-0.3, -0.25) is 9.69 Å². The van der Waals surface area contributed by atoms with Crippen molar-refractivity contribution in [1.29, 1.82) is 0 Å². The smallest absolute Gasteiger partial charge is 0.511 e. The molecule has 0 saturated carbocycles. The van der Waals surface area contributed by atoms with Crippen LogP contribution in [-0.2, 0) is 31.7 Å². The maximum atomic E-state index is 13.2. The van der Waals surface area contributed by atoms with E-state index in [4.69, 9.17) is 9.47 Å². The second kappa shape index (κ2) is 13.0. The van der Waals surface area contributed by atoms with Crippen LogP contribution in [0.5, 0.6) is 0 Å². The summed E-state index contributed by atoms with van der Waals surface area (Å²) >= 11 is 0. The lowest BCUT2D eigenvalue weighted by Gasteiger charge is -2.36. The molecule has 196 valence electrons. The molecule has 13 heteroatoms. The Morgan fingerprint density at radius 2 is 1.83 bits per heavy atom. The monoisotopic (exact) mass is 504 g/mol. The minimum Gasteiger partial charge on any atom is -0.530 e. The second-order valence-corrected chi connectivity index (χ2v) is 7.79. The van der Waals surface area contributed by atoms with Crippen molar-refractivity contribution >= 4 is 23.9 Å². The van der Waals surface area contributed by atoms with Gasteiger partial charge in [0.15, 0.2) is 0 Å². The first-order valence-electron chi connectivity index (χ1n) is 11.1. The molecule has 1 fully saturated rings. The van der Waals surface area contributed by atoms with Crippen LogP contribution >= 0.6 is 0 Å². The summed E-state index contributed by atoms with van der Waals surface area (Å²) in [6.45, 7) is 4.93. The van der Waals surface area contributed by atoms with Crippen molar-refractivity contribution in [3.05, 3.63) is 29.3 Å². The molecule has 1 saturated heterocycles. The molecule has 0 aromatic heterocycles. The van der Waals surface area contributed by atoms with Crippen LogP contribution < -0.4 is 10.4 Å². The predicted molar refractivity (Wildman–Crippen MR) is 115 cm³/mol. The number of rotatable bonds is 10. The van der Waals surface area contributed by atoms with Crippen molar-refractivity contribution in [2.24, 2.45) is 0 Å². The number of carbonyl (C=O) groups is 3. The largest absolute Gasteiger partial charge is 0.530 e. The molecule has 1 aliphatic rings. The lowest BCUT2D eigenvalue weighted by Crippen LogP contribution is -2.52. The number of carbonyl (C=O) groups excluding carboxylic acids is 3. The first kappa shape index (κ1) is 28.0. The van der Waals surface area contributed by atoms with Crippen LogP contribution in [0.4, 0.5) is 28.4 Å². The van der Waals surface area contributed by atoms with E-state index in [-0.39, 0.29) is 44.8 Å². The van der Waals surface area contributed by atoms with E-state index in [1.165, 1.54) is 17.9 Å². The van der Waals surface area contributed by atoms with E-state index >= 15 is 0 Å². The highest BCUT2D eigenvalue weighted by Gasteiger charge is 2.31. The molecular formula is C22H29F3N3O7-. The van der Waals surface area contributed by atoms with E-state index in [1.54, 1.807) is 6.92 Å². The number of nitrogens with zero attached hydrogens (tertiary/aromatic N) is 2. The topological polar surface area (TPSA) is 120 Å². The van der Waals surface area contributed by atoms with Crippen LogP contribution in [-0.4, -0.2) is 73.6 Å². The molecule has 1 atom stereocenters. The van der Waals surface area contributed by atoms with Crippen molar-refractivity contribution in [3.8, 4) is 0 Å². The second-order valence-electron chi connectivity index (χ2n) is 7.79. The maximum Gasteiger partial charge on any atom is 0.511 e. The van der Waals surface area contributed by atoms with Gasteiger partial charge in [0.2, 0.25) is 6.29 Å². The Labute approximate surface area is 200 Å². The molecule has 0 radical (unpaired) electrons. The minimum atomic E-state index is -4.52. The Bertz CT molecular complexity index is 874. The van der Waals surface area contributed by atoms with Crippen molar-refractivity contribution in [2.75, 3.05) is 44.6 Å². The molecule has 1 heterocycles. The summed E-state index contributed by atoms with van der Waals surface area (Å²) in [5.41, 5.74) is 0.0725. The number of esters is 1. The van der Waals surface area contributed by atoms with Gasteiger partial charge in [-0.15, -0.1) is 0 Å². The van der Waals surface area contributed by atoms with Gasteiger partial charge in [0.25, 0.3) is 0 Å². The van der Waals surface area contributed by atoms with Gasteiger partial charge in [-0.1, -0.05) is 6.07 Å². The lowest BCUT2D eigenvalue weighted by molar-refractivity contribution is -0.266. The number of halogens is 3. The number of amides is 1. The van der Waals surface area contributed by atoms with Crippen molar-refractivity contribution in [2.45, 2.75) is 45.7 Å². The van der Waals surface area contributed by atoms with Gasteiger partial charge in [0, 0.05) is 58.3 Å². The van der Waals surface area contributed by atoms with Gasteiger partial charge < -0.3 is 34.3 Å². The SMILES string of the molecule is CCOC(=O)OC(C)OC(=O)CCCNc1cc(C(F)(F)F)ccc1CN1CCN(C(=O)[O-])CC1. The van der Waals surface area contributed by atoms with E-state index in [0.717, 1.165) is 12.1 Å². The summed E-state index contributed by atoms with van der Waals surface area (Å²) in [6, 6.07) is 3.40. The minimum absolute atomic E-state index is 0.0526. The van der Waals surface area contributed by atoms with E-state index in [2.05, 4.69) is 10.1 Å². The Balaban J connectivity index is 1.91. The third kappa shape index (κ3) is 9.51. The molecule has 0 aliphatic carbocycles. The summed E-state index contributed by atoms with van der Waals surface area (Å²) in [7, 11) is 0. The summed E-state index contributed by atoms with van der Waals surface area (Å²) in [5.74, 6) is -0.640. The molecule has 1 unspecified atom stereocenters. The van der Waals surface area contributed by atoms with Crippen molar-refractivity contribution in [1.82, 2.24) is 9.80 Å². The third-order valence-corrected chi connectivity index (χ3v) is 5.16. The zero-order valence-electron chi connectivity index (χ0n) is 19.6. The summed E-state index contributed by atoms with van der Waals surface area (Å²) in [4.78, 5) is 37.2. The van der Waals surface area contributed by atoms with Crippen molar-refractivity contribution < 1.29 is 46.9 Å². The fourth-order valence-electron chi connectivity index (χ4n) is 3.40. The number of anilines is 1. The predicted octanol–water partition coefficient (Wildman–Crippen LogP) is 2.42. The molecule has 1 amide bonds. The molecule has 2 rings (SSSR count). The highest BCUT2D eigenvalue weighted by atomic mass is 19.4. The molecule has 1 N–H and O–H groups in total. The quantitative estimate of drug-likeness (QED) is 0.291. The molecule has 1 aromatic rings. The average molecular weight is 504 g/mol. The molecule has 35 heavy (non-hydrogen) atoms. The summed E-state index contributed by atoms with van der Waals surface area (Å²) in [5, 5.41) is 13.9. The Kier molecular flexibility index (Phi) is 10.4. The van der Waals surface area contributed by atoms with Crippen LogP contribution in [0, 0.1) is 0 Å². The van der Waals surface area contributed by atoms with Crippen LogP contribution in [0.2, 0.25) is 0 Å². The van der Waals surface area contributed by atoms with Crippen LogP contribution in [0.1, 0.15) is 37.8 Å². The molecule has 0 spiro atoms. The van der Waals surface area contributed by atoms with Crippen LogP contribution in [0.3, 0.4) is 0 Å². The standard InChI is InChI=1S/C22H30F3N3O7/c1-3-33-21(32)35-15(2)34-19(29)5-4-8-26-18-13-17(22(23,24)25)7-6-16(18)14-27-9-11-28(12-10-27)20(30)31/h6-7,13,15,26H,3-5,8-12,14H2,1-2H3,(H,30,31)/p-1. The van der Waals surface area contributed by atoms with Gasteiger partial charge in [-0.25, -0.2) is 4.79 Å². The van der Waals surface area contributed by atoms with Gasteiger partial charge in [0.1, 0.15) is 6.09 Å². The zero-order chi connectivity index (χ0) is 26.0. The van der Waals surface area contributed by atoms with Crippen LogP contribution in [0.25, 0.3) is 0 Å².